The lowest BCUT2D eigenvalue weighted by molar-refractivity contribution is -0.121. The van der Waals surface area contributed by atoms with Crippen molar-refractivity contribution in [2.45, 2.75) is 18.7 Å². The number of hydrogen-bond donors (Lipinski definition) is 2. The number of carbonyl (C=O) groups is 2. The summed E-state index contributed by atoms with van der Waals surface area (Å²) in [4.78, 5) is 24.9. The number of aryl methyl sites for hydroxylation is 1. The summed E-state index contributed by atoms with van der Waals surface area (Å²) < 4.78 is 27.9. The number of para-hydroxylation sites is 1. The molecule has 1 aromatic heterocycles. The van der Waals surface area contributed by atoms with E-state index < -0.39 is 28.4 Å². The van der Waals surface area contributed by atoms with Gasteiger partial charge < -0.3 is 4.57 Å². The van der Waals surface area contributed by atoms with Crippen LogP contribution in [0.15, 0.2) is 71.6 Å². The predicted octanol–water partition coefficient (Wildman–Crippen LogP) is 2.18. The van der Waals surface area contributed by atoms with Gasteiger partial charge in [0.15, 0.2) is 0 Å². The first-order valence-corrected chi connectivity index (χ1v) is 11.0. The van der Waals surface area contributed by atoms with Crippen LogP contribution in [0, 0.1) is 13.8 Å². The largest absolute Gasteiger partial charge is 0.318 e. The maximum Gasteiger partial charge on any atom is 0.271 e. The molecule has 2 aromatic carbocycles. The molecule has 162 valence electrons. The van der Waals surface area contributed by atoms with Crippen LogP contribution in [0.4, 0.5) is 0 Å². The second kappa shape index (κ2) is 9.15. The number of nitrogens with zero attached hydrogens (tertiary/aromatic N) is 2. The first-order valence-electron chi connectivity index (χ1n) is 9.56. The van der Waals surface area contributed by atoms with Gasteiger partial charge in [0.1, 0.15) is 0 Å². The van der Waals surface area contributed by atoms with Gasteiger partial charge in [-0.05, 0) is 44.2 Å². The van der Waals surface area contributed by atoms with Crippen molar-refractivity contribution in [1.82, 2.24) is 19.7 Å². The molecule has 0 atom stereocenters. The highest BCUT2D eigenvalue weighted by Crippen LogP contribution is 2.20. The van der Waals surface area contributed by atoms with E-state index >= 15 is 0 Å². The number of hydrogen-bond acceptors (Lipinski definition) is 4. The summed E-state index contributed by atoms with van der Waals surface area (Å²) in [5.41, 5.74) is 7.56. The number of amides is 2. The summed E-state index contributed by atoms with van der Waals surface area (Å²) in [5, 5.41) is 0. The summed E-state index contributed by atoms with van der Waals surface area (Å²) >= 11 is 0. The van der Waals surface area contributed by atoms with Crippen LogP contribution in [0.2, 0.25) is 0 Å². The molecule has 9 heteroatoms. The number of likely N-dealkylation sites (N-methyl/N-ethyl adjacent to an activating group) is 1. The zero-order valence-corrected chi connectivity index (χ0v) is 18.3. The number of benzene rings is 2. The van der Waals surface area contributed by atoms with Crippen LogP contribution in [0.3, 0.4) is 0 Å². The van der Waals surface area contributed by atoms with Crippen molar-refractivity contribution < 1.29 is 18.0 Å². The average molecular weight is 441 g/mol. The number of rotatable bonds is 6. The average Bonchev–Trinajstić information content (AvgIpc) is 3.07. The van der Waals surface area contributed by atoms with Gasteiger partial charge >= 0.3 is 0 Å². The van der Waals surface area contributed by atoms with Gasteiger partial charge in [0.25, 0.3) is 11.8 Å². The van der Waals surface area contributed by atoms with E-state index in [0.29, 0.717) is 5.56 Å². The van der Waals surface area contributed by atoms with Gasteiger partial charge in [-0.2, -0.15) is 4.31 Å². The molecule has 0 aliphatic heterocycles. The quantitative estimate of drug-likeness (QED) is 0.574. The number of nitrogens with one attached hydrogen (secondary N) is 2. The molecule has 0 bridgehead atoms. The molecule has 0 radical (unpaired) electrons. The number of carbonyl (C=O) groups excluding carboxylic acids is 2. The van der Waals surface area contributed by atoms with E-state index in [9.17, 15) is 18.0 Å². The Labute approximate surface area is 181 Å². The third-order valence-corrected chi connectivity index (χ3v) is 6.64. The Bertz CT molecular complexity index is 1190. The Hall–Kier alpha value is -3.43. The molecule has 31 heavy (non-hydrogen) atoms. The van der Waals surface area contributed by atoms with Crippen LogP contribution in [-0.2, 0) is 14.8 Å². The summed E-state index contributed by atoms with van der Waals surface area (Å²) in [5.74, 6) is -1.15. The molecule has 0 spiro atoms. The maximum atomic E-state index is 12.6. The van der Waals surface area contributed by atoms with E-state index in [0.717, 1.165) is 21.4 Å². The molecule has 0 fully saturated rings. The highest BCUT2D eigenvalue weighted by molar-refractivity contribution is 7.89. The zero-order chi connectivity index (χ0) is 22.6. The summed E-state index contributed by atoms with van der Waals surface area (Å²) in [6.07, 6.45) is 0. The molecule has 3 rings (SSSR count). The van der Waals surface area contributed by atoms with Crippen LogP contribution in [0.25, 0.3) is 5.69 Å². The first-order chi connectivity index (χ1) is 14.7. The van der Waals surface area contributed by atoms with Gasteiger partial charge in [0, 0.05) is 24.1 Å². The lowest BCUT2D eigenvalue weighted by Gasteiger charge is -2.17. The molecule has 8 nitrogen and oxygen atoms in total. The lowest BCUT2D eigenvalue weighted by atomic mass is 10.2. The zero-order valence-electron chi connectivity index (χ0n) is 17.5. The lowest BCUT2D eigenvalue weighted by Crippen LogP contribution is -2.46. The van der Waals surface area contributed by atoms with Crippen molar-refractivity contribution in [3.8, 4) is 5.69 Å². The standard InChI is InChI=1S/C22H24N4O4S/c1-16-14-20(17(2)26(16)18-10-6-4-7-11-18)22(28)24-23-21(27)15-25(3)31(29,30)19-12-8-5-9-13-19/h4-14H,15H2,1-3H3,(H,23,27)(H,24,28). The van der Waals surface area contributed by atoms with E-state index in [1.807, 2.05) is 48.7 Å². The summed E-state index contributed by atoms with van der Waals surface area (Å²) in [7, 11) is -2.51. The molecule has 0 unspecified atom stereocenters. The maximum absolute atomic E-state index is 12.6. The normalized spacial score (nSPS) is 11.4. The number of hydrazine groups is 1. The van der Waals surface area contributed by atoms with Crippen LogP contribution in [-0.4, -0.2) is 42.7 Å². The van der Waals surface area contributed by atoms with E-state index in [1.54, 1.807) is 24.3 Å². The minimum atomic E-state index is -3.81. The van der Waals surface area contributed by atoms with E-state index in [4.69, 9.17) is 0 Å². The van der Waals surface area contributed by atoms with Crippen LogP contribution < -0.4 is 10.9 Å². The van der Waals surface area contributed by atoms with Crippen molar-refractivity contribution in [2.75, 3.05) is 13.6 Å². The SMILES string of the molecule is Cc1cc(C(=O)NNC(=O)CN(C)S(=O)(=O)c2ccccc2)c(C)n1-c1ccccc1. The van der Waals surface area contributed by atoms with Gasteiger partial charge in [0.2, 0.25) is 10.0 Å². The Morgan fingerprint density at radius 1 is 0.935 bits per heavy atom. The Kier molecular flexibility index (Phi) is 6.57. The molecule has 0 aliphatic rings. The van der Waals surface area contributed by atoms with Crippen molar-refractivity contribution >= 4 is 21.8 Å². The van der Waals surface area contributed by atoms with Crippen molar-refractivity contribution in [3.05, 3.63) is 83.7 Å². The molecule has 2 amide bonds. The van der Waals surface area contributed by atoms with Crippen LogP contribution in [0.1, 0.15) is 21.7 Å². The van der Waals surface area contributed by atoms with Crippen molar-refractivity contribution in [1.29, 1.82) is 0 Å². The second-order valence-electron chi connectivity index (χ2n) is 7.03. The second-order valence-corrected chi connectivity index (χ2v) is 9.08. The predicted molar refractivity (Wildman–Crippen MR) is 117 cm³/mol. The van der Waals surface area contributed by atoms with Crippen molar-refractivity contribution in [3.63, 3.8) is 0 Å². The van der Waals surface area contributed by atoms with E-state index in [2.05, 4.69) is 10.9 Å². The van der Waals surface area contributed by atoms with Gasteiger partial charge in [-0.3, -0.25) is 20.4 Å². The van der Waals surface area contributed by atoms with Crippen LogP contribution >= 0.6 is 0 Å². The first kappa shape index (κ1) is 22.3. The molecular weight excluding hydrogens is 416 g/mol. The van der Waals surface area contributed by atoms with Gasteiger partial charge in [-0.25, -0.2) is 8.42 Å². The Morgan fingerprint density at radius 3 is 2.13 bits per heavy atom. The van der Waals surface area contributed by atoms with E-state index in [1.165, 1.54) is 19.2 Å². The smallest absolute Gasteiger partial charge is 0.271 e. The molecule has 1 heterocycles. The number of aromatic nitrogens is 1. The number of sulfonamides is 1. The minimum Gasteiger partial charge on any atom is -0.318 e. The van der Waals surface area contributed by atoms with Crippen molar-refractivity contribution in [2.24, 2.45) is 0 Å². The van der Waals surface area contributed by atoms with Gasteiger partial charge in [-0.1, -0.05) is 36.4 Å². The molecular formula is C22H24N4O4S. The topological polar surface area (TPSA) is 101 Å². The third-order valence-electron chi connectivity index (χ3n) is 4.82. The highest BCUT2D eigenvalue weighted by atomic mass is 32.2. The molecule has 0 saturated heterocycles. The third kappa shape index (κ3) is 4.84. The highest BCUT2D eigenvalue weighted by Gasteiger charge is 2.23. The fourth-order valence-electron chi connectivity index (χ4n) is 3.26. The fraction of sp³-hybridized carbons (Fsp3) is 0.182. The molecule has 2 N–H and O–H groups in total. The summed E-state index contributed by atoms with van der Waals surface area (Å²) in [6, 6.07) is 19.2. The van der Waals surface area contributed by atoms with Crippen LogP contribution in [0.5, 0.6) is 0 Å². The Balaban J connectivity index is 1.64. The Morgan fingerprint density at radius 2 is 1.52 bits per heavy atom. The minimum absolute atomic E-state index is 0.0858. The van der Waals surface area contributed by atoms with Gasteiger partial charge in [0.05, 0.1) is 17.0 Å². The fourth-order valence-corrected chi connectivity index (χ4v) is 4.41. The summed E-state index contributed by atoms with van der Waals surface area (Å²) in [6.45, 7) is 3.26. The monoisotopic (exact) mass is 440 g/mol. The molecule has 0 aliphatic carbocycles. The molecule has 3 aromatic rings. The molecule has 0 saturated carbocycles. The van der Waals surface area contributed by atoms with E-state index in [-0.39, 0.29) is 4.90 Å². The van der Waals surface area contributed by atoms with Gasteiger partial charge in [-0.15, -0.1) is 0 Å².